The minimum atomic E-state index is -4.39. The summed E-state index contributed by atoms with van der Waals surface area (Å²) >= 11 is 0. The smallest absolute Gasteiger partial charge is 0.393 e. The molecule has 2 aliphatic rings. The lowest BCUT2D eigenvalue weighted by molar-refractivity contribution is -0.137. The summed E-state index contributed by atoms with van der Waals surface area (Å²) in [6.07, 6.45) is 1.95. The van der Waals surface area contributed by atoms with E-state index in [0.29, 0.717) is 12.1 Å². The molecule has 2 N–H and O–H groups in total. The standard InChI is InChI=1S/C22H26F4N4O/c23-19-20(27-11-15-3-1-2-4-18(15)31)28-13-29-21(19)30(17-9-10-17)12-14-5-7-16(8-6-14)22(24,25)26/h5-8,13,15,17-18,31H,1-4,9-12H2,(H,27,28,29)/t15-,18+/m0/s1. The normalized spacial score (nSPS) is 21.7. The summed E-state index contributed by atoms with van der Waals surface area (Å²) in [5, 5.41) is 13.1. The number of hydrogen-bond donors (Lipinski definition) is 2. The lowest BCUT2D eigenvalue weighted by atomic mass is 9.86. The Labute approximate surface area is 178 Å². The maximum atomic E-state index is 15.2. The van der Waals surface area contributed by atoms with Crippen LogP contribution in [-0.2, 0) is 12.7 Å². The second kappa shape index (κ2) is 8.98. The van der Waals surface area contributed by atoms with E-state index in [9.17, 15) is 18.3 Å². The topological polar surface area (TPSA) is 61.3 Å². The number of anilines is 2. The minimum absolute atomic E-state index is 0.0539. The van der Waals surface area contributed by atoms with Gasteiger partial charge in [0.05, 0.1) is 11.7 Å². The van der Waals surface area contributed by atoms with Crippen LogP contribution in [0.4, 0.5) is 29.2 Å². The van der Waals surface area contributed by atoms with Crippen molar-refractivity contribution in [3.05, 3.63) is 47.5 Å². The monoisotopic (exact) mass is 438 g/mol. The predicted octanol–water partition coefficient (Wildman–Crippen LogP) is 4.77. The molecule has 1 heterocycles. The van der Waals surface area contributed by atoms with E-state index in [1.807, 2.05) is 0 Å². The predicted molar refractivity (Wildman–Crippen MR) is 109 cm³/mol. The van der Waals surface area contributed by atoms with Gasteiger partial charge in [0, 0.05) is 25.0 Å². The Bertz CT molecular complexity index is 886. The van der Waals surface area contributed by atoms with Crippen LogP contribution in [0.3, 0.4) is 0 Å². The van der Waals surface area contributed by atoms with E-state index < -0.39 is 23.7 Å². The Morgan fingerprint density at radius 2 is 1.74 bits per heavy atom. The number of alkyl halides is 3. The van der Waals surface area contributed by atoms with Crippen molar-refractivity contribution < 1.29 is 22.7 Å². The molecule has 2 aromatic rings. The summed E-state index contributed by atoms with van der Waals surface area (Å²) in [6, 6.07) is 5.01. The molecule has 2 aliphatic carbocycles. The lowest BCUT2D eigenvalue weighted by Gasteiger charge is -2.28. The molecule has 2 atom stereocenters. The molecule has 0 spiro atoms. The Morgan fingerprint density at radius 1 is 1.03 bits per heavy atom. The molecular formula is C22H26F4N4O. The van der Waals surface area contributed by atoms with Crippen LogP contribution < -0.4 is 10.2 Å². The van der Waals surface area contributed by atoms with E-state index >= 15 is 4.39 Å². The van der Waals surface area contributed by atoms with Gasteiger partial charge in [0.1, 0.15) is 6.33 Å². The zero-order chi connectivity index (χ0) is 22.0. The highest BCUT2D eigenvalue weighted by Gasteiger charge is 2.34. The average molecular weight is 438 g/mol. The zero-order valence-electron chi connectivity index (χ0n) is 17.1. The van der Waals surface area contributed by atoms with Crippen molar-refractivity contribution in [1.29, 1.82) is 0 Å². The largest absolute Gasteiger partial charge is 0.416 e. The molecule has 31 heavy (non-hydrogen) atoms. The van der Waals surface area contributed by atoms with Crippen molar-refractivity contribution in [2.75, 3.05) is 16.8 Å². The molecule has 0 aliphatic heterocycles. The molecule has 5 nitrogen and oxygen atoms in total. The Morgan fingerprint density at radius 3 is 2.39 bits per heavy atom. The molecular weight excluding hydrogens is 412 g/mol. The highest BCUT2D eigenvalue weighted by Crippen LogP contribution is 2.35. The van der Waals surface area contributed by atoms with Gasteiger partial charge in [0.15, 0.2) is 11.6 Å². The molecule has 0 unspecified atom stereocenters. The van der Waals surface area contributed by atoms with Gasteiger partial charge in [-0.1, -0.05) is 25.0 Å². The fourth-order valence-electron chi connectivity index (χ4n) is 4.10. The van der Waals surface area contributed by atoms with E-state index in [-0.39, 0.29) is 30.1 Å². The number of rotatable bonds is 7. The van der Waals surface area contributed by atoms with Gasteiger partial charge >= 0.3 is 6.18 Å². The van der Waals surface area contributed by atoms with E-state index in [2.05, 4.69) is 15.3 Å². The fraction of sp³-hybridized carbons (Fsp3) is 0.545. The van der Waals surface area contributed by atoms with Gasteiger partial charge in [-0.05, 0) is 43.4 Å². The maximum Gasteiger partial charge on any atom is 0.416 e. The van der Waals surface area contributed by atoms with Gasteiger partial charge in [-0.25, -0.2) is 9.97 Å². The molecule has 2 fully saturated rings. The summed E-state index contributed by atoms with van der Waals surface area (Å²) in [6.45, 7) is 0.689. The van der Waals surface area contributed by atoms with Crippen molar-refractivity contribution in [2.24, 2.45) is 5.92 Å². The van der Waals surface area contributed by atoms with Crippen LogP contribution in [0.25, 0.3) is 0 Å². The average Bonchev–Trinajstić information content (AvgIpc) is 3.58. The molecule has 4 rings (SSSR count). The number of nitrogens with zero attached hydrogens (tertiary/aromatic N) is 3. The van der Waals surface area contributed by atoms with Crippen LogP contribution in [0.5, 0.6) is 0 Å². The van der Waals surface area contributed by atoms with Crippen LogP contribution in [0.1, 0.15) is 49.7 Å². The first-order valence-corrected chi connectivity index (χ1v) is 10.7. The van der Waals surface area contributed by atoms with Crippen molar-refractivity contribution in [3.8, 4) is 0 Å². The molecule has 1 aromatic heterocycles. The van der Waals surface area contributed by atoms with Crippen molar-refractivity contribution in [2.45, 2.75) is 63.4 Å². The summed E-state index contributed by atoms with van der Waals surface area (Å²) < 4.78 is 53.7. The van der Waals surface area contributed by atoms with E-state index in [1.165, 1.54) is 18.5 Å². The first-order chi connectivity index (χ1) is 14.8. The van der Waals surface area contributed by atoms with Crippen LogP contribution in [0.2, 0.25) is 0 Å². The first kappa shape index (κ1) is 21.8. The highest BCUT2D eigenvalue weighted by molar-refractivity contribution is 5.52. The molecule has 1 aromatic carbocycles. The van der Waals surface area contributed by atoms with Gasteiger partial charge in [0.2, 0.25) is 5.82 Å². The van der Waals surface area contributed by atoms with Gasteiger partial charge < -0.3 is 15.3 Å². The third-order valence-corrected chi connectivity index (χ3v) is 6.07. The number of halogens is 4. The van der Waals surface area contributed by atoms with Gasteiger partial charge in [-0.3, -0.25) is 0 Å². The van der Waals surface area contributed by atoms with Crippen LogP contribution in [-0.4, -0.2) is 33.8 Å². The fourth-order valence-corrected chi connectivity index (χ4v) is 4.10. The number of aliphatic hydroxyl groups is 1. The molecule has 0 bridgehead atoms. The number of nitrogens with one attached hydrogen (secondary N) is 1. The maximum absolute atomic E-state index is 15.2. The van der Waals surface area contributed by atoms with Crippen molar-refractivity contribution in [1.82, 2.24) is 9.97 Å². The number of aliphatic hydroxyl groups excluding tert-OH is 1. The van der Waals surface area contributed by atoms with E-state index in [0.717, 1.165) is 50.7 Å². The van der Waals surface area contributed by atoms with E-state index in [4.69, 9.17) is 0 Å². The highest BCUT2D eigenvalue weighted by atomic mass is 19.4. The lowest BCUT2D eigenvalue weighted by Crippen LogP contribution is -2.31. The number of aromatic nitrogens is 2. The summed E-state index contributed by atoms with van der Waals surface area (Å²) in [4.78, 5) is 9.95. The van der Waals surface area contributed by atoms with Gasteiger partial charge in [-0.15, -0.1) is 0 Å². The van der Waals surface area contributed by atoms with Gasteiger partial charge in [-0.2, -0.15) is 17.6 Å². The third-order valence-electron chi connectivity index (χ3n) is 6.07. The SMILES string of the molecule is O[C@@H]1CCCC[C@H]1CNc1ncnc(N(Cc2ccc(C(F)(F)F)cc2)C2CC2)c1F. The second-order valence-corrected chi connectivity index (χ2v) is 8.41. The second-order valence-electron chi connectivity index (χ2n) is 8.41. The third kappa shape index (κ3) is 5.26. The Kier molecular flexibility index (Phi) is 6.31. The molecule has 2 saturated carbocycles. The molecule has 0 saturated heterocycles. The van der Waals surface area contributed by atoms with Crippen molar-refractivity contribution in [3.63, 3.8) is 0 Å². The molecule has 168 valence electrons. The summed E-state index contributed by atoms with van der Waals surface area (Å²) in [5.41, 5.74) is -0.0587. The zero-order valence-corrected chi connectivity index (χ0v) is 17.1. The minimum Gasteiger partial charge on any atom is -0.393 e. The quantitative estimate of drug-likeness (QED) is 0.610. The van der Waals surface area contributed by atoms with Crippen LogP contribution >= 0.6 is 0 Å². The van der Waals surface area contributed by atoms with Crippen LogP contribution in [0, 0.1) is 11.7 Å². The first-order valence-electron chi connectivity index (χ1n) is 10.7. The Balaban J connectivity index is 1.49. The summed E-state index contributed by atoms with van der Waals surface area (Å²) in [7, 11) is 0. The van der Waals surface area contributed by atoms with E-state index in [1.54, 1.807) is 4.90 Å². The molecule has 0 amide bonds. The number of benzene rings is 1. The number of hydrogen-bond acceptors (Lipinski definition) is 5. The van der Waals surface area contributed by atoms with Gasteiger partial charge in [0.25, 0.3) is 0 Å². The molecule has 0 radical (unpaired) electrons. The molecule has 9 heteroatoms. The van der Waals surface area contributed by atoms with Crippen LogP contribution in [0.15, 0.2) is 30.6 Å². The Hall–Kier alpha value is -2.42. The van der Waals surface area contributed by atoms with Crippen molar-refractivity contribution >= 4 is 11.6 Å². The summed E-state index contributed by atoms with van der Waals surface area (Å²) in [5.74, 6) is -0.296.